The fourth-order valence-electron chi connectivity index (χ4n) is 2.52. The number of aryl methyl sites for hydroxylation is 1. The van der Waals surface area contributed by atoms with Crippen LogP contribution in [0.25, 0.3) is 11.1 Å². The summed E-state index contributed by atoms with van der Waals surface area (Å²) in [7, 11) is 0. The van der Waals surface area contributed by atoms with E-state index in [9.17, 15) is 0 Å². The monoisotopic (exact) mass is 266 g/mol. The van der Waals surface area contributed by atoms with E-state index in [1.807, 2.05) is 0 Å². The van der Waals surface area contributed by atoms with E-state index in [4.69, 9.17) is 0 Å². The zero-order valence-electron chi connectivity index (χ0n) is 13.2. The van der Waals surface area contributed by atoms with Gasteiger partial charge in [-0.25, -0.2) is 0 Å². The van der Waals surface area contributed by atoms with Crippen molar-refractivity contribution in [3.8, 4) is 11.1 Å². The predicted molar refractivity (Wildman–Crippen MR) is 89.0 cm³/mol. The zero-order chi connectivity index (χ0) is 14.6. The summed E-state index contributed by atoms with van der Waals surface area (Å²) in [4.78, 5) is 0. The minimum absolute atomic E-state index is 0.361. The van der Waals surface area contributed by atoms with Crippen LogP contribution in [0.15, 0.2) is 48.5 Å². The molecule has 20 heavy (non-hydrogen) atoms. The molecular formula is C20H26. The summed E-state index contributed by atoms with van der Waals surface area (Å²) >= 11 is 0. The largest absolute Gasteiger partial charge is 0.0649 e. The molecule has 0 aromatic heterocycles. The topological polar surface area (TPSA) is 0 Å². The molecule has 0 radical (unpaired) electrons. The van der Waals surface area contributed by atoms with Crippen molar-refractivity contribution in [1.82, 2.24) is 0 Å². The Morgan fingerprint density at radius 3 is 2.10 bits per heavy atom. The molecule has 0 aliphatic heterocycles. The van der Waals surface area contributed by atoms with Crippen molar-refractivity contribution in [2.45, 2.75) is 47.0 Å². The molecule has 106 valence electrons. The molecule has 0 nitrogen and oxygen atoms in total. The van der Waals surface area contributed by atoms with Crippen molar-refractivity contribution in [2.75, 3.05) is 0 Å². The van der Waals surface area contributed by atoms with Crippen molar-refractivity contribution < 1.29 is 0 Å². The van der Waals surface area contributed by atoms with Crippen LogP contribution in [0.5, 0.6) is 0 Å². The van der Waals surface area contributed by atoms with Gasteiger partial charge in [0.05, 0.1) is 0 Å². The fourth-order valence-corrected chi connectivity index (χ4v) is 2.52. The summed E-state index contributed by atoms with van der Waals surface area (Å²) in [6.45, 7) is 9.18. The van der Waals surface area contributed by atoms with Gasteiger partial charge >= 0.3 is 0 Å². The molecule has 0 saturated carbocycles. The van der Waals surface area contributed by atoms with Gasteiger partial charge in [-0.05, 0) is 40.5 Å². The molecule has 0 heterocycles. The van der Waals surface area contributed by atoms with Crippen LogP contribution >= 0.6 is 0 Å². The van der Waals surface area contributed by atoms with Crippen molar-refractivity contribution in [1.29, 1.82) is 0 Å². The summed E-state index contributed by atoms with van der Waals surface area (Å²) < 4.78 is 0. The molecule has 0 spiro atoms. The van der Waals surface area contributed by atoms with Gasteiger partial charge in [0.25, 0.3) is 0 Å². The molecule has 0 fully saturated rings. The first-order valence-corrected chi connectivity index (χ1v) is 7.73. The summed E-state index contributed by atoms with van der Waals surface area (Å²) in [5.74, 6) is 0. The van der Waals surface area contributed by atoms with E-state index in [0.717, 1.165) is 12.8 Å². The number of hydrogen-bond acceptors (Lipinski definition) is 0. The molecule has 2 rings (SSSR count). The minimum Gasteiger partial charge on any atom is -0.0649 e. The highest BCUT2D eigenvalue weighted by atomic mass is 14.2. The van der Waals surface area contributed by atoms with Gasteiger partial charge in [-0.1, -0.05) is 82.6 Å². The van der Waals surface area contributed by atoms with Gasteiger partial charge < -0.3 is 0 Å². The first-order valence-electron chi connectivity index (χ1n) is 7.73. The second-order valence-electron chi connectivity index (χ2n) is 6.40. The molecule has 0 bridgehead atoms. The summed E-state index contributed by atoms with van der Waals surface area (Å²) in [6.07, 6.45) is 3.44. The average Bonchev–Trinajstić information content (AvgIpc) is 2.48. The van der Waals surface area contributed by atoms with Crippen molar-refractivity contribution >= 4 is 0 Å². The van der Waals surface area contributed by atoms with Crippen molar-refractivity contribution in [2.24, 2.45) is 5.41 Å². The van der Waals surface area contributed by atoms with Crippen LogP contribution < -0.4 is 0 Å². The highest BCUT2D eigenvalue weighted by Crippen LogP contribution is 2.31. The van der Waals surface area contributed by atoms with Crippen LogP contribution in [0.4, 0.5) is 0 Å². The van der Waals surface area contributed by atoms with Crippen LogP contribution in [0, 0.1) is 5.41 Å². The first kappa shape index (κ1) is 14.8. The Morgan fingerprint density at radius 2 is 1.50 bits per heavy atom. The molecule has 0 saturated heterocycles. The maximum atomic E-state index is 2.35. The lowest BCUT2D eigenvalue weighted by atomic mass is 9.81. The average molecular weight is 266 g/mol. The Hall–Kier alpha value is -1.56. The maximum absolute atomic E-state index is 2.35. The van der Waals surface area contributed by atoms with Crippen LogP contribution in [0.1, 0.15) is 45.2 Å². The van der Waals surface area contributed by atoms with Crippen LogP contribution in [-0.2, 0) is 12.8 Å². The van der Waals surface area contributed by atoms with E-state index >= 15 is 0 Å². The Morgan fingerprint density at radius 1 is 0.850 bits per heavy atom. The minimum atomic E-state index is 0.361. The predicted octanol–water partition coefficient (Wildman–Crippen LogP) is 5.89. The standard InChI is InChI=1S/C20H26/c1-5-16-11-13-17(14-12-16)19-10-8-7-9-18(19)15-20(3,4)6-2/h7-14H,5-6,15H2,1-4H3. The van der Waals surface area contributed by atoms with E-state index in [1.165, 1.54) is 28.7 Å². The zero-order valence-corrected chi connectivity index (χ0v) is 13.2. The van der Waals surface area contributed by atoms with E-state index in [2.05, 4.69) is 76.2 Å². The molecule has 2 aromatic carbocycles. The first-order chi connectivity index (χ1) is 9.55. The van der Waals surface area contributed by atoms with Crippen LogP contribution in [0.2, 0.25) is 0 Å². The molecular weight excluding hydrogens is 240 g/mol. The van der Waals surface area contributed by atoms with E-state index < -0.39 is 0 Å². The third kappa shape index (κ3) is 3.50. The van der Waals surface area contributed by atoms with E-state index in [-0.39, 0.29) is 0 Å². The Kier molecular flexibility index (Phi) is 4.65. The summed E-state index contributed by atoms with van der Waals surface area (Å²) in [5.41, 5.74) is 5.95. The van der Waals surface area contributed by atoms with E-state index in [0.29, 0.717) is 5.41 Å². The smallest absolute Gasteiger partial charge is 0.0152 e. The molecule has 0 unspecified atom stereocenters. The van der Waals surface area contributed by atoms with Crippen molar-refractivity contribution in [3.63, 3.8) is 0 Å². The van der Waals surface area contributed by atoms with Gasteiger partial charge in [-0.2, -0.15) is 0 Å². The highest BCUT2D eigenvalue weighted by Gasteiger charge is 2.17. The lowest BCUT2D eigenvalue weighted by Gasteiger charge is -2.24. The SMILES string of the molecule is CCc1ccc(-c2ccccc2CC(C)(C)CC)cc1. The second-order valence-corrected chi connectivity index (χ2v) is 6.40. The molecule has 0 heteroatoms. The fraction of sp³-hybridized carbons (Fsp3) is 0.400. The lowest BCUT2D eigenvalue weighted by Crippen LogP contribution is -2.13. The maximum Gasteiger partial charge on any atom is -0.0152 e. The van der Waals surface area contributed by atoms with Gasteiger partial charge in [0.15, 0.2) is 0 Å². The van der Waals surface area contributed by atoms with Gasteiger partial charge in [0.2, 0.25) is 0 Å². The van der Waals surface area contributed by atoms with Gasteiger partial charge in [-0.15, -0.1) is 0 Å². The van der Waals surface area contributed by atoms with Gasteiger partial charge in [0.1, 0.15) is 0 Å². The Balaban J connectivity index is 2.36. The van der Waals surface area contributed by atoms with Gasteiger partial charge in [0, 0.05) is 0 Å². The normalized spacial score (nSPS) is 11.6. The molecule has 2 aromatic rings. The molecule has 0 atom stereocenters. The lowest BCUT2D eigenvalue weighted by molar-refractivity contribution is 0.349. The second kappa shape index (κ2) is 6.26. The molecule has 0 amide bonds. The third-order valence-electron chi connectivity index (χ3n) is 4.32. The molecule has 0 N–H and O–H groups in total. The highest BCUT2D eigenvalue weighted by molar-refractivity contribution is 5.67. The quantitative estimate of drug-likeness (QED) is 0.632. The number of rotatable bonds is 5. The Bertz CT molecular complexity index is 547. The Labute approximate surface area is 123 Å². The summed E-state index contributed by atoms with van der Waals surface area (Å²) in [6, 6.07) is 17.8. The van der Waals surface area contributed by atoms with Crippen molar-refractivity contribution in [3.05, 3.63) is 59.7 Å². The third-order valence-corrected chi connectivity index (χ3v) is 4.32. The van der Waals surface area contributed by atoms with Crippen LogP contribution in [-0.4, -0.2) is 0 Å². The van der Waals surface area contributed by atoms with E-state index in [1.54, 1.807) is 0 Å². The molecule has 0 aliphatic rings. The molecule has 0 aliphatic carbocycles. The van der Waals surface area contributed by atoms with Crippen LogP contribution in [0.3, 0.4) is 0 Å². The number of benzene rings is 2. The number of hydrogen-bond donors (Lipinski definition) is 0. The summed E-state index contributed by atoms with van der Waals surface area (Å²) in [5, 5.41) is 0. The van der Waals surface area contributed by atoms with Gasteiger partial charge in [-0.3, -0.25) is 0 Å².